The van der Waals surface area contributed by atoms with Crippen molar-refractivity contribution in [2.75, 3.05) is 0 Å². The van der Waals surface area contributed by atoms with Crippen LogP contribution in [0.1, 0.15) is 23.1 Å². The van der Waals surface area contributed by atoms with E-state index in [1.54, 1.807) is 0 Å². The van der Waals surface area contributed by atoms with Crippen LogP contribution in [0.25, 0.3) is 0 Å². The van der Waals surface area contributed by atoms with Crippen molar-refractivity contribution in [1.29, 1.82) is 5.26 Å². The van der Waals surface area contributed by atoms with Crippen LogP contribution in [-0.2, 0) is 6.18 Å². The maximum absolute atomic E-state index is 12.4. The Morgan fingerprint density at radius 1 is 1.38 bits per heavy atom. The number of hydrogen-bond donors (Lipinski definition) is 0. The van der Waals surface area contributed by atoms with Gasteiger partial charge in [-0.15, -0.1) is 0 Å². The van der Waals surface area contributed by atoms with Gasteiger partial charge in [0.1, 0.15) is 11.2 Å². The van der Waals surface area contributed by atoms with Crippen molar-refractivity contribution < 1.29 is 22.0 Å². The first kappa shape index (κ1) is 12.6. The maximum Gasteiger partial charge on any atom is 0.418 e. The summed E-state index contributed by atoms with van der Waals surface area (Å²) in [5.41, 5.74) is -4.04. The van der Waals surface area contributed by atoms with Crippen LogP contribution in [-0.4, -0.2) is 4.98 Å². The molecule has 0 aromatic carbocycles. The molecule has 0 saturated carbocycles. The highest BCUT2D eigenvalue weighted by Gasteiger charge is 2.38. The molecule has 1 heterocycles. The van der Waals surface area contributed by atoms with Gasteiger partial charge in [0.05, 0.1) is 16.7 Å². The number of nitrogens with zero attached hydrogens (tertiary/aromatic N) is 2. The smallest absolute Gasteiger partial charge is 0.242 e. The summed E-state index contributed by atoms with van der Waals surface area (Å²) in [6.07, 6.45) is -8.27. The Labute approximate surface area is 91.3 Å². The van der Waals surface area contributed by atoms with Crippen molar-refractivity contribution in [3.63, 3.8) is 0 Å². The molecule has 86 valence electrons. The second-order valence-electron chi connectivity index (χ2n) is 2.66. The van der Waals surface area contributed by atoms with Gasteiger partial charge in [0.2, 0.25) is 0 Å². The Morgan fingerprint density at radius 2 is 1.94 bits per heavy atom. The molecule has 0 amide bonds. The number of pyridine rings is 1. The first-order valence-corrected chi connectivity index (χ1v) is 4.10. The Hall–Kier alpha value is -1.42. The van der Waals surface area contributed by atoms with Gasteiger partial charge in [0.15, 0.2) is 0 Å². The largest absolute Gasteiger partial charge is 0.418 e. The molecule has 0 aliphatic carbocycles. The first-order valence-electron chi connectivity index (χ1n) is 3.73. The Bertz CT molecular complexity index is 449. The molecule has 16 heavy (non-hydrogen) atoms. The number of hydrogen-bond acceptors (Lipinski definition) is 2. The van der Waals surface area contributed by atoms with E-state index in [-0.39, 0.29) is 6.20 Å². The van der Waals surface area contributed by atoms with Crippen LogP contribution in [0.15, 0.2) is 6.20 Å². The minimum Gasteiger partial charge on any atom is -0.242 e. The third kappa shape index (κ3) is 2.22. The molecule has 0 bridgehead atoms. The summed E-state index contributed by atoms with van der Waals surface area (Å²) in [6.45, 7) is 0. The van der Waals surface area contributed by atoms with Crippen LogP contribution in [0, 0.1) is 11.3 Å². The zero-order chi connectivity index (χ0) is 12.5. The van der Waals surface area contributed by atoms with Gasteiger partial charge in [-0.1, -0.05) is 11.6 Å². The van der Waals surface area contributed by atoms with Gasteiger partial charge in [0.25, 0.3) is 6.43 Å². The fraction of sp³-hybridized carbons (Fsp3) is 0.250. The zero-order valence-corrected chi connectivity index (χ0v) is 8.07. The summed E-state index contributed by atoms with van der Waals surface area (Å²) in [5, 5.41) is 7.79. The highest BCUT2D eigenvalue weighted by Crippen LogP contribution is 2.38. The number of halogens is 6. The number of alkyl halides is 5. The van der Waals surface area contributed by atoms with Crippen molar-refractivity contribution in [1.82, 2.24) is 4.98 Å². The first-order chi connectivity index (χ1) is 7.29. The minimum atomic E-state index is -5.01. The van der Waals surface area contributed by atoms with Crippen LogP contribution in [0.3, 0.4) is 0 Å². The molecule has 1 rings (SSSR count). The van der Waals surface area contributed by atoms with Crippen molar-refractivity contribution in [3.8, 4) is 6.07 Å². The molecule has 0 spiro atoms. The van der Waals surface area contributed by atoms with Gasteiger partial charge in [0, 0.05) is 6.20 Å². The molecule has 0 unspecified atom stereocenters. The van der Waals surface area contributed by atoms with E-state index in [2.05, 4.69) is 4.98 Å². The lowest BCUT2D eigenvalue weighted by molar-refractivity contribution is -0.139. The molecular formula is C8H2ClF5N2. The number of rotatable bonds is 1. The fourth-order valence-electron chi connectivity index (χ4n) is 1.06. The average Bonchev–Trinajstić information content (AvgIpc) is 2.14. The summed E-state index contributed by atoms with van der Waals surface area (Å²) in [5.74, 6) is 0. The molecule has 1 aromatic rings. The lowest BCUT2D eigenvalue weighted by Gasteiger charge is -2.13. The lowest BCUT2D eigenvalue weighted by atomic mass is 10.1. The second kappa shape index (κ2) is 4.22. The Morgan fingerprint density at radius 3 is 2.31 bits per heavy atom. The van der Waals surface area contributed by atoms with E-state index in [9.17, 15) is 22.0 Å². The topological polar surface area (TPSA) is 36.7 Å². The van der Waals surface area contributed by atoms with Gasteiger partial charge < -0.3 is 0 Å². The Balaban J connectivity index is 3.60. The highest BCUT2D eigenvalue weighted by molar-refractivity contribution is 6.30. The fourth-order valence-corrected chi connectivity index (χ4v) is 1.25. The third-order valence-electron chi connectivity index (χ3n) is 1.71. The third-order valence-corrected chi connectivity index (χ3v) is 1.99. The van der Waals surface area contributed by atoms with E-state index in [0.29, 0.717) is 0 Å². The summed E-state index contributed by atoms with van der Waals surface area (Å²) < 4.78 is 61.9. The molecule has 0 saturated heterocycles. The monoisotopic (exact) mass is 256 g/mol. The molecular weight excluding hydrogens is 255 g/mol. The van der Waals surface area contributed by atoms with E-state index in [1.165, 1.54) is 6.07 Å². The van der Waals surface area contributed by atoms with E-state index in [0.717, 1.165) is 0 Å². The predicted octanol–water partition coefficient (Wildman–Crippen LogP) is 3.56. The van der Waals surface area contributed by atoms with Crippen LogP contribution >= 0.6 is 11.6 Å². The molecule has 8 heteroatoms. The summed E-state index contributed by atoms with van der Waals surface area (Å²) >= 11 is 5.26. The van der Waals surface area contributed by atoms with E-state index in [4.69, 9.17) is 16.9 Å². The van der Waals surface area contributed by atoms with Crippen molar-refractivity contribution in [2.45, 2.75) is 12.6 Å². The molecule has 0 N–H and O–H groups in total. The van der Waals surface area contributed by atoms with Gasteiger partial charge in [-0.05, 0) is 0 Å². The van der Waals surface area contributed by atoms with E-state index < -0.39 is 34.4 Å². The Kier molecular flexibility index (Phi) is 3.33. The predicted molar refractivity (Wildman–Crippen MR) is 43.9 cm³/mol. The quantitative estimate of drug-likeness (QED) is 0.569. The molecule has 0 aliphatic heterocycles. The van der Waals surface area contributed by atoms with Gasteiger partial charge in [-0.3, -0.25) is 0 Å². The molecule has 0 atom stereocenters. The molecule has 1 aromatic heterocycles. The number of nitriles is 1. The van der Waals surface area contributed by atoms with Crippen LogP contribution < -0.4 is 0 Å². The highest BCUT2D eigenvalue weighted by atomic mass is 35.5. The van der Waals surface area contributed by atoms with E-state index in [1.807, 2.05) is 0 Å². The second-order valence-corrected chi connectivity index (χ2v) is 3.02. The van der Waals surface area contributed by atoms with Crippen LogP contribution in [0.4, 0.5) is 22.0 Å². The summed E-state index contributed by atoms with van der Waals surface area (Å²) in [6, 6.07) is 1.18. The van der Waals surface area contributed by atoms with Crippen molar-refractivity contribution >= 4 is 11.6 Å². The van der Waals surface area contributed by atoms with Crippen molar-refractivity contribution in [3.05, 3.63) is 28.0 Å². The van der Waals surface area contributed by atoms with Gasteiger partial charge in [-0.2, -0.15) is 18.4 Å². The van der Waals surface area contributed by atoms with E-state index >= 15 is 0 Å². The molecule has 0 radical (unpaired) electrons. The number of aromatic nitrogens is 1. The average molecular weight is 257 g/mol. The SMILES string of the molecule is N#Cc1c(Cl)ncc(C(F)(F)F)c1C(F)F. The normalized spacial score (nSPS) is 11.6. The minimum absolute atomic E-state index is 0.185. The van der Waals surface area contributed by atoms with Gasteiger partial charge in [-0.25, -0.2) is 13.8 Å². The standard InChI is InChI=1S/C8H2ClF5N2/c9-6-3(1-15)5(7(10)11)4(2-16-6)8(12,13)14/h2,7H. The molecule has 0 aliphatic rings. The van der Waals surface area contributed by atoms with Crippen LogP contribution in [0.2, 0.25) is 5.15 Å². The van der Waals surface area contributed by atoms with Gasteiger partial charge >= 0.3 is 6.18 Å². The molecule has 2 nitrogen and oxygen atoms in total. The van der Waals surface area contributed by atoms with Crippen molar-refractivity contribution in [2.24, 2.45) is 0 Å². The van der Waals surface area contributed by atoms with Crippen LogP contribution in [0.5, 0.6) is 0 Å². The maximum atomic E-state index is 12.4. The lowest BCUT2D eigenvalue weighted by Crippen LogP contribution is -2.12. The zero-order valence-electron chi connectivity index (χ0n) is 7.32. The molecule has 0 fully saturated rings. The summed E-state index contributed by atoms with van der Waals surface area (Å²) in [4.78, 5) is 3.05. The summed E-state index contributed by atoms with van der Waals surface area (Å²) in [7, 11) is 0.